The van der Waals surface area contributed by atoms with E-state index >= 15 is 0 Å². The summed E-state index contributed by atoms with van der Waals surface area (Å²) in [4.78, 5) is 0. The number of benzene rings is 1. The average molecular weight is 219 g/mol. The highest BCUT2D eigenvalue weighted by molar-refractivity contribution is 5.26. The molecular weight excluding hydrogens is 198 g/mol. The Morgan fingerprint density at radius 1 is 1.31 bits per heavy atom. The summed E-state index contributed by atoms with van der Waals surface area (Å²) in [7, 11) is 0. The van der Waals surface area contributed by atoms with Gasteiger partial charge in [0, 0.05) is 12.5 Å². The standard InChI is InChI=1S/C14H21NO/c1-11-3-5-14(6-4-11)16-10-13-9-15-8-7-12(13)2/h3-6,12-13,15H,7-10H2,1-2H3/t12-,13+/m0/s1. The first kappa shape index (κ1) is 11.5. The van der Waals surface area contributed by atoms with E-state index in [0.29, 0.717) is 5.92 Å². The maximum Gasteiger partial charge on any atom is 0.119 e. The largest absolute Gasteiger partial charge is 0.493 e. The van der Waals surface area contributed by atoms with Crippen LogP contribution in [0.4, 0.5) is 0 Å². The van der Waals surface area contributed by atoms with Gasteiger partial charge in [0.15, 0.2) is 0 Å². The molecule has 1 aromatic rings. The summed E-state index contributed by atoms with van der Waals surface area (Å²) in [5.41, 5.74) is 1.28. The third-order valence-electron chi connectivity index (χ3n) is 3.47. The van der Waals surface area contributed by atoms with Gasteiger partial charge in [-0.05, 0) is 37.9 Å². The van der Waals surface area contributed by atoms with E-state index < -0.39 is 0 Å². The number of hydrogen-bond acceptors (Lipinski definition) is 2. The van der Waals surface area contributed by atoms with Crippen molar-refractivity contribution < 1.29 is 4.74 Å². The van der Waals surface area contributed by atoms with Crippen molar-refractivity contribution in [2.45, 2.75) is 20.3 Å². The molecule has 0 bridgehead atoms. The first-order chi connectivity index (χ1) is 7.75. The van der Waals surface area contributed by atoms with Gasteiger partial charge in [-0.15, -0.1) is 0 Å². The van der Waals surface area contributed by atoms with Crippen molar-refractivity contribution in [2.75, 3.05) is 19.7 Å². The van der Waals surface area contributed by atoms with Crippen LogP contribution in [-0.4, -0.2) is 19.7 Å². The van der Waals surface area contributed by atoms with Crippen LogP contribution in [0, 0.1) is 18.8 Å². The molecule has 1 aliphatic rings. The number of ether oxygens (including phenoxy) is 1. The van der Waals surface area contributed by atoms with Gasteiger partial charge in [-0.3, -0.25) is 0 Å². The normalized spacial score (nSPS) is 25.4. The van der Waals surface area contributed by atoms with E-state index in [1.54, 1.807) is 0 Å². The van der Waals surface area contributed by atoms with Crippen molar-refractivity contribution in [3.05, 3.63) is 29.8 Å². The number of rotatable bonds is 3. The van der Waals surface area contributed by atoms with Crippen LogP contribution in [0.2, 0.25) is 0 Å². The molecule has 0 radical (unpaired) electrons. The van der Waals surface area contributed by atoms with Gasteiger partial charge in [0.05, 0.1) is 6.61 Å². The summed E-state index contributed by atoms with van der Waals surface area (Å²) in [6.07, 6.45) is 1.27. The predicted octanol–water partition coefficient (Wildman–Crippen LogP) is 2.62. The zero-order valence-electron chi connectivity index (χ0n) is 10.2. The van der Waals surface area contributed by atoms with Gasteiger partial charge < -0.3 is 10.1 Å². The van der Waals surface area contributed by atoms with Crippen LogP contribution in [0.3, 0.4) is 0 Å². The van der Waals surface area contributed by atoms with Crippen LogP contribution >= 0.6 is 0 Å². The van der Waals surface area contributed by atoms with E-state index in [1.807, 2.05) is 0 Å². The molecule has 1 saturated heterocycles. The minimum Gasteiger partial charge on any atom is -0.493 e. The van der Waals surface area contributed by atoms with Crippen LogP contribution in [0.15, 0.2) is 24.3 Å². The number of nitrogens with one attached hydrogen (secondary N) is 1. The van der Waals surface area contributed by atoms with Gasteiger partial charge in [0.2, 0.25) is 0 Å². The monoisotopic (exact) mass is 219 g/mol. The molecule has 1 aliphatic heterocycles. The second kappa shape index (κ2) is 5.35. The molecule has 16 heavy (non-hydrogen) atoms. The lowest BCUT2D eigenvalue weighted by Gasteiger charge is -2.29. The van der Waals surface area contributed by atoms with E-state index in [2.05, 4.69) is 43.4 Å². The first-order valence-corrected chi connectivity index (χ1v) is 6.16. The van der Waals surface area contributed by atoms with Crippen molar-refractivity contribution in [2.24, 2.45) is 11.8 Å². The molecule has 0 aliphatic carbocycles. The smallest absolute Gasteiger partial charge is 0.119 e. The average Bonchev–Trinajstić information content (AvgIpc) is 2.30. The lowest BCUT2D eigenvalue weighted by molar-refractivity contribution is 0.171. The van der Waals surface area contributed by atoms with Crippen molar-refractivity contribution in [1.29, 1.82) is 0 Å². The third kappa shape index (κ3) is 2.99. The molecule has 88 valence electrons. The van der Waals surface area contributed by atoms with Crippen LogP contribution in [-0.2, 0) is 0 Å². The highest BCUT2D eigenvalue weighted by Gasteiger charge is 2.21. The summed E-state index contributed by atoms with van der Waals surface area (Å²) < 4.78 is 5.83. The molecule has 1 heterocycles. The Bertz CT molecular complexity index is 320. The van der Waals surface area contributed by atoms with E-state index in [9.17, 15) is 0 Å². The molecule has 2 heteroatoms. The van der Waals surface area contributed by atoms with E-state index in [0.717, 1.165) is 31.4 Å². The number of hydrogen-bond donors (Lipinski definition) is 1. The predicted molar refractivity (Wildman–Crippen MR) is 66.8 cm³/mol. The van der Waals surface area contributed by atoms with Gasteiger partial charge in [-0.25, -0.2) is 0 Å². The number of aryl methyl sites for hydroxylation is 1. The minimum atomic E-state index is 0.648. The van der Waals surface area contributed by atoms with Gasteiger partial charge in [0.25, 0.3) is 0 Å². The summed E-state index contributed by atoms with van der Waals surface area (Å²) in [6.45, 7) is 7.49. The zero-order chi connectivity index (χ0) is 11.4. The summed E-state index contributed by atoms with van der Waals surface area (Å²) >= 11 is 0. The Morgan fingerprint density at radius 2 is 2.06 bits per heavy atom. The maximum absolute atomic E-state index is 5.83. The Balaban J connectivity index is 1.84. The number of piperidine rings is 1. The molecule has 2 rings (SSSR count). The van der Waals surface area contributed by atoms with E-state index in [4.69, 9.17) is 4.74 Å². The molecular formula is C14H21NO. The van der Waals surface area contributed by atoms with Crippen molar-refractivity contribution in [3.63, 3.8) is 0 Å². The SMILES string of the molecule is Cc1ccc(OC[C@H]2CNCC[C@@H]2C)cc1. The Hall–Kier alpha value is -1.02. The minimum absolute atomic E-state index is 0.648. The van der Waals surface area contributed by atoms with E-state index in [1.165, 1.54) is 12.0 Å². The van der Waals surface area contributed by atoms with Gasteiger partial charge >= 0.3 is 0 Å². The Kier molecular flexibility index (Phi) is 3.83. The topological polar surface area (TPSA) is 21.3 Å². The van der Waals surface area contributed by atoms with Crippen LogP contribution in [0.5, 0.6) is 5.75 Å². The van der Waals surface area contributed by atoms with Crippen LogP contribution in [0.25, 0.3) is 0 Å². The van der Waals surface area contributed by atoms with Crippen LogP contribution in [0.1, 0.15) is 18.9 Å². The van der Waals surface area contributed by atoms with Gasteiger partial charge in [-0.1, -0.05) is 24.6 Å². The third-order valence-corrected chi connectivity index (χ3v) is 3.47. The fraction of sp³-hybridized carbons (Fsp3) is 0.571. The molecule has 0 saturated carbocycles. The second-order valence-corrected chi connectivity index (χ2v) is 4.85. The van der Waals surface area contributed by atoms with Crippen molar-refractivity contribution in [1.82, 2.24) is 5.32 Å². The zero-order valence-corrected chi connectivity index (χ0v) is 10.2. The second-order valence-electron chi connectivity index (χ2n) is 4.85. The summed E-state index contributed by atoms with van der Waals surface area (Å²) in [6, 6.07) is 8.29. The van der Waals surface area contributed by atoms with Crippen molar-refractivity contribution in [3.8, 4) is 5.75 Å². The maximum atomic E-state index is 5.83. The van der Waals surface area contributed by atoms with Crippen LogP contribution < -0.4 is 10.1 Å². The summed E-state index contributed by atoms with van der Waals surface area (Å²) in [5, 5.41) is 3.43. The molecule has 1 aromatic carbocycles. The van der Waals surface area contributed by atoms with E-state index in [-0.39, 0.29) is 0 Å². The van der Waals surface area contributed by atoms with Crippen molar-refractivity contribution >= 4 is 0 Å². The molecule has 0 amide bonds. The lowest BCUT2D eigenvalue weighted by atomic mass is 9.89. The quantitative estimate of drug-likeness (QED) is 0.843. The summed E-state index contributed by atoms with van der Waals surface area (Å²) in [5.74, 6) is 2.41. The van der Waals surface area contributed by atoms with Gasteiger partial charge in [0.1, 0.15) is 5.75 Å². The highest BCUT2D eigenvalue weighted by atomic mass is 16.5. The first-order valence-electron chi connectivity index (χ1n) is 6.16. The van der Waals surface area contributed by atoms with Gasteiger partial charge in [-0.2, -0.15) is 0 Å². The molecule has 0 aromatic heterocycles. The molecule has 1 N–H and O–H groups in total. The Morgan fingerprint density at radius 3 is 2.75 bits per heavy atom. The molecule has 0 spiro atoms. The lowest BCUT2D eigenvalue weighted by Crippen LogP contribution is -2.38. The molecule has 0 unspecified atom stereocenters. The fourth-order valence-electron chi connectivity index (χ4n) is 2.12. The fourth-order valence-corrected chi connectivity index (χ4v) is 2.12. The molecule has 2 nitrogen and oxygen atoms in total. The molecule has 1 fully saturated rings. The molecule has 2 atom stereocenters. The highest BCUT2D eigenvalue weighted by Crippen LogP contribution is 2.20. The Labute approximate surface area is 98.0 Å².